The Bertz CT molecular complexity index is 426. The molecule has 1 aliphatic carbocycles. The van der Waals surface area contributed by atoms with Crippen LogP contribution in [0.4, 0.5) is 0 Å². The van der Waals surface area contributed by atoms with Crippen molar-refractivity contribution < 1.29 is 0 Å². The summed E-state index contributed by atoms with van der Waals surface area (Å²) in [6, 6.07) is 0.297. The van der Waals surface area contributed by atoms with Gasteiger partial charge in [0, 0.05) is 25.0 Å². The van der Waals surface area contributed by atoms with Crippen molar-refractivity contribution in [3.63, 3.8) is 0 Å². The van der Waals surface area contributed by atoms with E-state index < -0.39 is 0 Å². The van der Waals surface area contributed by atoms with Crippen LogP contribution in [0.2, 0.25) is 0 Å². The minimum Gasteiger partial charge on any atom is -0.337 e. The molecule has 4 nitrogen and oxygen atoms in total. The quantitative estimate of drug-likeness (QED) is 0.898. The molecule has 1 aromatic rings. The molecule has 1 heterocycles. The Hall–Kier alpha value is -0.870. The van der Waals surface area contributed by atoms with Crippen LogP contribution in [-0.4, -0.2) is 40.6 Å². The molecular weight excluding hydrogens is 248 g/mol. The standard InChI is InChI=1S/C16H30N4/c1-6-17-14(15-18-10-11-20(15)5)16(19(3)4)9-7-8-13(2)12-16/h10-11,13-14,17H,6-9,12H2,1-5H3. The van der Waals surface area contributed by atoms with Gasteiger partial charge in [-0.3, -0.25) is 0 Å². The summed E-state index contributed by atoms with van der Waals surface area (Å²) < 4.78 is 2.16. The molecule has 3 atom stereocenters. The number of imidazole rings is 1. The molecule has 1 fully saturated rings. The first-order valence-electron chi connectivity index (χ1n) is 7.89. The third-order valence-corrected chi connectivity index (χ3v) is 4.96. The molecule has 20 heavy (non-hydrogen) atoms. The van der Waals surface area contributed by atoms with Crippen LogP contribution >= 0.6 is 0 Å². The second-order valence-corrected chi connectivity index (χ2v) is 6.59. The summed E-state index contributed by atoms with van der Waals surface area (Å²) in [5.74, 6) is 1.95. The first-order valence-corrected chi connectivity index (χ1v) is 7.89. The number of nitrogens with one attached hydrogen (secondary N) is 1. The topological polar surface area (TPSA) is 33.1 Å². The Morgan fingerprint density at radius 2 is 2.30 bits per heavy atom. The van der Waals surface area contributed by atoms with Gasteiger partial charge in [-0.05, 0) is 39.4 Å². The number of rotatable bonds is 5. The molecular formula is C16H30N4. The molecule has 0 spiro atoms. The van der Waals surface area contributed by atoms with Gasteiger partial charge in [0.1, 0.15) is 5.82 Å². The summed E-state index contributed by atoms with van der Waals surface area (Å²) in [7, 11) is 6.55. The van der Waals surface area contributed by atoms with Crippen molar-refractivity contribution in [1.29, 1.82) is 0 Å². The van der Waals surface area contributed by atoms with Crippen LogP contribution in [0.15, 0.2) is 12.4 Å². The van der Waals surface area contributed by atoms with Crippen molar-refractivity contribution >= 4 is 0 Å². The Balaban J connectivity index is 2.40. The predicted molar refractivity (Wildman–Crippen MR) is 83.7 cm³/mol. The van der Waals surface area contributed by atoms with E-state index in [9.17, 15) is 0 Å². The third kappa shape index (κ3) is 2.77. The highest BCUT2D eigenvalue weighted by atomic mass is 15.2. The van der Waals surface area contributed by atoms with Crippen LogP contribution in [0, 0.1) is 5.92 Å². The Morgan fingerprint density at radius 3 is 2.80 bits per heavy atom. The molecule has 2 rings (SSSR count). The van der Waals surface area contributed by atoms with Gasteiger partial charge in [-0.1, -0.05) is 26.7 Å². The van der Waals surface area contributed by atoms with E-state index in [4.69, 9.17) is 0 Å². The number of likely N-dealkylation sites (N-methyl/N-ethyl adjacent to an activating group) is 2. The molecule has 114 valence electrons. The summed E-state index contributed by atoms with van der Waals surface area (Å²) in [6.07, 6.45) is 9.12. The van der Waals surface area contributed by atoms with E-state index in [1.165, 1.54) is 25.7 Å². The lowest BCUT2D eigenvalue weighted by atomic mass is 9.71. The molecule has 4 heteroatoms. The van der Waals surface area contributed by atoms with E-state index in [1.54, 1.807) is 0 Å². The average molecular weight is 278 g/mol. The maximum atomic E-state index is 4.64. The lowest BCUT2D eigenvalue weighted by Crippen LogP contribution is -2.56. The summed E-state index contributed by atoms with van der Waals surface area (Å²) in [5, 5.41) is 3.71. The van der Waals surface area contributed by atoms with Crippen molar-refractivity contribution in [2.75, 3.05) is 20.6 Å². The smallest absolute Gasteiger partial charge is 0.127 e. The van der Waals surface area contributed by atoms with Crippen LogP contribution in [0.3, 0.4) is 0 Å². The highest BCUT2D eigenvalue weighted by Crippen LogP contribution is 2.43. The maximum absolute atomic E-state index is 4.64. The minimum atomic E-state index is 0.173. The van der Waals surface area contributed by atoms with Crippen molar-refractivity contribution in [1.82, 2.24) is 19.8 Å². The Labute approximate surface area is 123 Å². The molecule has 0 aliphatic heterocycles. The summed E-state index contributed by atoms with van der Waals surface area (Å²) in [6.45, 7) is 5.55. The Kier molecular flexibility index (Phi) is 4.86. The largest absolute Gasteiger partial charge is 0.337 e. The number of nitrogens with zero attached hydrogens (tertiary/aromatic N) is 3. The third-order valence-electron chi connectivity index (χ3n) is 4.96. The second kappa shape index (κ2) is 6.27. The van der Waals surface area contributed by atoms with Crippen molar-refractivity contribution in [3.05, 3.63) is 18.2 Å². The molecule has 0 saturated heterocycles. The zero-order chi connectivity index (χ0) is 14.8. The van der Waals surface area contributed by atoms with Crippen molar-refractivity contribution in [2.24, 2.45) is 13.0 Å². The molecule has 1 saturated carbocycles. The fourth-order valence-electron chi connectivity index (χ4n) is 3.87. The van der Waals surface area contributed by atoms with E-state index in [2.05, 4.69) is 61.0 Å². The fourth-order valence-corrected chi connectivity index (χ4v) is 3.87. The van der Waals surface area contributed by atoms with Gasteiger partial charge >= 0.3 is 0 Å². The van der Waals surface area contributed by atoms with Gasteiger partial charge in [0.15, 0.2) is 0 Å². The molecule has 1 aliphatic rings. The average Bonchev–Trinajstić information content (AvgIpc) is 2.81. The van der Waals surface area contributed by atoms with E-state index in [1.807, 2.05) is 6.20 Å². The molecule has 0 radical (unpaired) electrons. The van der Waals surface area contributed by atoms with Gasteiger partial charge in [-0.25, -0.2) is 4.98 Å². The lowest BCUT2D eigenvalue weighted by Gasteiger charge is -2.50. The molecule has 0 amide bonds. The molecule has 3 unspecified atom stereocenters. The van der Waals surface area contributed by atoms with Gasteiger partial charge in [0.2, 0.25) is 0 Å². The van der Waals surface area contributed by atoms with Gasteiger partial charge in [-0.2, -0.15) is 0 Å². The van der Waals surface area contributed by atoms with Crippen LogP contribution in [0.25, 0.3) is 0 Å². The number of aryl methyl sites for hydroxylation is 1. The van der Waals surface area contributed by atoms with Gasteiger partial charge in [-0.15, -0.1) is 0 Å². The van der Waals surface area contributed by atoms with Crippen LogP contribution in [-0.2, 0) is 7.05 Å². The number of hydrogen-bond donors (Lipinski definition) is 1. The highest BCUT2D eigenvalue weighted by molar-refractivity contribution is 5.12. The van der Waals surface area contributed by atoms with E-state index in [-0.39, 0.29) is 5.54 Å². The number of aromatic nitrogens is 2. The molecule has 0 aromatic carbocycles. The first-order chi connectivity index (χ1) is 9.51. The first kappa shape index (κ1) is 15.5. The van der Waals surface area contributed by atoms with Crippen molar-refractivity contribution in [2.45, 2.75) is 51.1 Å². The van der Waals surface area contributed by atoms with Crippen molar-refractivity contribution in [3.8, 4) is 0 Å². The van der Waals surface area contributed by atoms with E-state index >= 15 is 0 Å². The van der Waals surface area contributed by atoms with E-state index in [0.717, 1.165) is 18.3 Å². The fraction of sp³-hybridized carbons (Fsp3) is 0.812. The van der Waals surface area contributed by atoms with Gasteiger partial charge in [0.05, 0.1) is 6.04 Å². The zero-order valence-corrected chi connectivity index (χ0v) is 13.7. The lowest BCUT2D eigenvalue weighted by molar-refractivity contribution is 0.0334. The Morgan fingerprint density at radius 1 is 1.55 bits per heavy atom. The predicted octanol–water partition coefficient (Wildman–Crippen LogP) is 2.58. The van der Waals surface area contributed by atoms with Crippen LogP contribution in [0.1, 0.15) is 51.4 Å². The SMILES string of the molecule is CCNC(c1nccn1C)C1(N(C)C)CCCC(C)C1. The normalized spacial score (nSPS) is 28.8. The van der Waals surface area contributed by atoms with Crippen LogP contribution in [0.5, 0.6) is 0 Å². The maximum Gasteiger partial charge on any atom is 0.127 e. The number of hydrogen-bond acceptors (Lipinski definition) is 3. The molecule has 1 aromatic heterocycles. The monoisotopic (exact) mass is 278 g/mol. The molecule has 0 bridgehead atoms. The molecule has 1 N–H and O–H groups in total. The van der Waals surface area contributed by atoms with E-state index in [0.29, 0.717) is 6.04 Å². The summed E-state index contributed by atoms with van der Waals surface area (Å²) in [5.41, 5.74) is 0.173. The van der Waals surface area contributed by atoms with Gasteiger partial charge in [0.25, 0.3) is 0 Å². The second-order valence-electron chi connectivity index (χ2n) is 6.59. The summed E-state index contributed by atoms with van der Waals surface area (Å²) >= 11 is 0. The highest BCUT2D eigenvalue weighted by Gasteiger charge is 2.45. The van der Waals surface area contributed by atoms with Gasteiger partial charge < -0.3 is 14.8 Å². The minimum absolute atomic E-state index is 0.173. The van der Waals surface area contributed by atoms with Crippen LogP contribution < -0.4 is 5.32 Å². The zero-order valence-electron chi connectivity index (χ0n) is 13.7. The summed E-state index contributed by atoms with van der Waals surface area (Å²) in [4.78, 5) is 7.07.